The lowest BCUT2D eigenvalue weighted by atomic mass is 10.2. The van der Waals surface area contributed by atoms with Crippen molar-refractivity contribution in [2.45, 2.75) is 0 Å². The maximum Gasteiger partial charge on any atom is 0.174 e. The van der Waals surface area contributed by atoms with Crippen molar-refractivity contribution in [2.75, 3.05) is 13.2 Å². The van der Waals surface area contributed by atoms with Gasteiger partial charge in [-0.2, -0.15) is 0 Å². The molecule has 0 aliphatic rings. The lowest BCUT2D eigenvalue weighted by molar-refractivity contribution is 0.338. The highest BCUT2D eigenvalue weighted by molar-refractivity contribution is 7.17. The first-order valence-electron chi connectivity index (χ1n) is 4.88. The third-order valence-corrected chi connectivity index (χ3v) is 3.05. The van der Waals surface area contributed by atoms with E-state index >= 15 is 0 Å². The SMILES string of the molecule is NCCOc1ccc(-c2ccccc2)s1. The third-order valence-electron chi connectivity index (χ3n) is 2.00. The van der Waals surface area contributed by atoms with Crippen LogP contribution in [-0.4, -0.2) is 13.2 Å². The fourth-order valence-electron chi connectivity index (χ4n) is 1.31. The molecule has 2 aromatic rings. The van der Waals surface area contributed by atoms with E-state index < -0.39 is 0 Å². The fraction of sp³-hybridized carbons (Fsp3) is 0.167. The van der Waals surface area contributed by atoms with Crippen LogP contribution in [0.25, 0.3) is 10.4 Å². The van der Waals surface area contributed by atoms with E-state index in [2.05, 4.69) is 18.2 Å². The van der Waals surface area contributed by atoms with Gasteiger partial charge in [-0.25, -0.2) is 0 Å². The Kier molecular flexibility index (Phi) is 3.37. The summed E-state index contributed by atoms with van der Waals surface area (Å²) in [5.41, 5.74) is 6.60. The molecule has 0 atom stereocenters. The maximum atomic E-state index is 5.45. The predicted octanol–water partition coefficient (Wildman–Crippen LogP) is 2.75. The fourth-order valence-corrected chi connectivity index (χ4v) is 2.20. The molecule has 0 spiro atoms. The molecule has 1 aromatic carbocycles. The molecule has 1 aromatic heterocycles. The summed E-state index contributed by atoms with van der Waals surface area (Å²) in [6.45, 7) is 1.13. The summed E-state index contributed by atoms with van der Waals surface area (Å²) in [6.07, 6.45) is 0. The van der Waals surface area contributed by atoms with E-state index in [0.717, 1.165) is 5.06 Å². The van der Waals surface area contributed by atoms with E-state index in [1.54, 1.807) is 11.3 Å². The van der Waals surface area contributed by atoms with Gasteiger partial charge in [0.15, 0.2) is 5.06 Å². The van der Waals surface area contributed by atoms with Crippen molar-refractivity contribution in [3.8, 4) is 15.5 Å². The largest absolute Gasteiger partial charge is 0.483 e. The molecule has 15 heavy (non-hydrogen) atoms. The molecule has 0 amide bonds. The summed E-state index contributed by atoms with van der Waals surface area (Å²) in [6, 6.07) is 14.3. The zero-order valence-electron chi connectivity index (χ0n) is 8.35. The summed E-state index contributed by atoms with van der Waals surface area (Å²) in [7, 11) is 0. The van der Waals surface area contributed by atoms with Gasteiger partial charge in [-0.3, -0.25) is 0 Å². The van der Waals surface area contributed by atoms with Crippen molar-refractivity contribution in [3.05, 3.63) is 42.5 Å². The molecule has 3 heteroatoms. The van der Waals surface area contributed by atoms with Gasteiger partial charge >= 0.3 is 0 Å². The Hall–Kier alpha value is -1.32. The average Bonchev–Trinajstić information content (AvgIpc) is 2.76. The van der Waals surface area contributed by atoms with E-state index in [1.165, 1.54) is 10.4 Å². The summed E-state index contributed by atoms with van der Waals surface area (Å²) < 4.78 is 5.45. The number of rotatable bonds is 4. The summed E-state index contributed by atoms with van der Waals surface area (Å²) in [5, 5.41) is 0.930. The Morgan fingerprint density at radius 1 is 1.07 bits per heavy atom. The Bertz CT molecular complexity index is 411. The highest BCUT2D eigenvalue weighted by Crippen LogP contribution is 2.32. The van der Waals surface area contributed by atoms with Crippen LogP contribution in [0.4, 0.5) is 0 Å². The van der Waals surface area contributed by atoms with Crippen LogP contribution in [0.3, 0.4) is 0 Å². The van der Waals surface area contributed by atoms with E-state index in [4.69, 9.17) is 10.5 Å². The third kappa shape index (κ3) is 2.58. The molecule has 0 radical (unpaired) electrons. The number of ether oxygens (including phenoxy) is 1. The van der Waals surface area contributed by atoms with Crippen LogP contribution in [0, 0.1) is 0 Å². The minimum absolute atomic E-state index is 0.554. The van der Waals surface area contributed by atoms with E-state index in [0.29, 0.717) is 13.2 Å². The second-order valence-electron chi connectivity index (χ2n) is 3.12. The van der Waals surface area contributed by atoms with Gasteiger partial charge in [0.25, 0.3) is 0 Å². The molecular formula is C12H13NOS. The monoisotopic (exact) mass is 219 g/mol. The first-order chi connectivity index (χ1) is 7.40. The highest BCUT2D eigenvalue weighted by atomic mass is 32.1. The molecular weight excluding hydrogens is 206 g/mol. The molecule has 0 bridgehead atoms. The van der Waals surface area contributed by atoms with Gasteiger partial charge in [0.05, 0.1) is 0 Å². The quantitative estimate of drug-likeness (QED) is 0.858. The smallest absolute Gasteiger partial charge is 0.174 e. The molecule has 2 N–H and O–H groups in total. The molecule has 78 valence electrons. The Labute approximate surface area is 93.3 Å². The minimum Gasteiger partial charge on any atom is -0.483 e. The molecule has 2 nitrogen and oxygen atoms in total. The van der Waals surface area contributed by atoms with Crippen LogP contribution >= 0.6 is 11.3 Å². The summed E-state index contributed by atoms with van der Waals surface area (Å²) in [4.78, 5) is 1.22. The van der Waals surface area contributed by atoms with Crippen LogP contribution in [0.2, 0.25) is 0 Å². The van der Waals surface area contributed by atoms with Crippen molar-refractivity contribution in [3.63, 3.8) is 0 Å². The van der Waals surface area contributed by atoms with E-state index in [-0.39, 0.29) is 0 Å². The maximum absolute atomic E-state index is 5.45. The second kappa shape index (κ2) is 4.96. The van der Waals surface area contributed by atoms with Gasteiger partial charge in [0.1, 0.15) is 6.61 Å². The number of nitrogens with two attached hydrogens (primary N) is 1. The molecule has 0 aliphatic heterocycles. The van der Waals surface area contributed by atoms with Gasteiger partial charge < -0.3 is 10.5 Å². The average molecular weight is 219 g/mol. The Morgan fingerprint density at radius 3 is 2.60 bits per heavy atom. The van der Waals surface area contributed by atoms with Gasteiger partial charge in [0, 0.05) is 11.4 Å². The van der Waals surface area contributed by atoms with Crippen molar-refractivity contribution in [1.29, 1.82) is 0 Å². The predicted molar refractivity (Wildman–Crippen MR) is 64.3 cm³/mol. The minimum atomic E-state index is 0.554. The van der Waals surface area contributed by atoms with Crippen LogP contribution in [-0.2, 0) is 0 Å². The van der Waals surface area contributed by atoms with Crippen molar-refractivity contribution >= 4 is 11.3 Å². The molecule has 2 rings (SSSR count). The van der Waals surface area contributed by atoms with E-state index in [1.807, 2.05) is 24.3 Å². The first kappa shape index (κ1) is 10.2. The second-order valence-corrected chi connectivity index (χ2v) is 4.17. The number of thiophene rings is 1. The van der Waals surface area contributed by atoms with Gasteiger partial charge in [0.2, 0.25) is 0 Å². The molecule has 0 aliphatic carbocycles. The van der Waals surface area contributed by atoms with Crippen molar-refractivity contribution < 1.29 is 4.74 Å². The zero-order chi connectivity index (χ0) is 10.5. The highest BCUT2D eigenvalue weighted by Gasteiger charge is 2.02. The molecule has 0 saturated carbocycles. The Balaban J connectivity index is 2.14. The van der Waals surface area contributed by atoms with Gasteiger partial charge in [-0.1, -0.05) is 41.7 Å². The first-order valence-corrected chi connectivity index (χ1v) is 5.70. The molecule has 0 fully saturated rings. The summed E-state index contributed by atoms with van der Waals surface area (Å²) >= 11 is 1.65. The normalized spacial score (nSPS) is 10.2. The van der Waals surface area contributed by atoms with Gasteiger partial charge in [-0.15, -0.1) is 0 Å². The summed E-state index contributed by atoms with van der Waals surface area (Å²) in [5.74, 6) is 0. The topological polar surface area (TPSA) is 35.2 Å². The number of hydrogen-bond acceptors (Lipinski definition) is 3. The standard InChI is InChI=1S/C12H13NOS/c13-8-9-14-12-7-6-11(15-12)10-4-2-1-3-5-10/h1-7H,8-9,13H2. The van der Waals surface area contributed by atoms with Gasteiger partial charge in [-0.05, 0) is 17.7 Å². The lowest BCUT2D eigenvalue weighted by Gasteiger charge is -1.99. The van der Waals surface area contributed by atoms with Crippen LogP contribution < -0.4 is 10.5 Å². The molecule has 0 unspecified atom stereocenters. The molecule has 1 heterocycles. The van der Waals surface area contributed by atoms with E-state index in [9.17, 15) is 0 Å². The lowest BCUT2D eigenvalue weighted by Crippen LogP contribution is -2.09. The van der Waals surface area contributed by atoms with Crippen LogP contribution in [0.15, 0.2) is 42.5 Å². The zero-order valence-corrected chi connectivity index (χ0v) is 9.17. The van der Waals surface area contributed by atoms with Crippen LogP contribution in [0.1, 0.15) is 0 Å². The number of hydrogen-bond donors (Lipinski definition) is 1. The number of benzene rings is 1. The van der Waals surface area contributed by atoms with Crippen molar-refractivity contribution in [2.24, 2.45) is 5.73 Å². The molecule has 0 saturated heterocycles. The Morgan fingerprint density at radius 2 is 1.87 bits per heavy atom. The van der Waals surface area contributed by atoms with Crippen LogP contribution in [0.5, 0.6) is 5.06 Å². The van der Waals surface area contributed by atoms with Crippen molar-refractivity contribution in [1.82, 2.24) is 0 Å².